The molecule has 16 heavy (non-hydrogen) atoms. The Morgan fingerprint density at radius 1 is 1.62 bits per heavy atom. The lowest BCUT2D eigenvalue weighted by atomic mass is 10.1. The molecule has 0 aromatic carbocycles. The van der Waals surface area contributed by atoms with Gasteiger partial charge in [-0.3, -0.25) is 9.78 Å². The molecule has 4 N–H and O–H groups in total. The molecule has 0 fully saturated rings. The number of aromatic nitrogens is 1. The lowest BCUT2D eigenvalue weighted by Crippen LogP contribution is -2.24. The molecular formula is C10H14N2O4. The van der Waals surface area contributed by atoms with Crippen LogP contribution in [0.3, 0.4) is 0 Å². The molecule has 6 nitrogen and oxygen atoms in total. The second kappa shape index (κ2) is 5.43. The smallest absolute Gasteiger partial charge is 0.308 e. The summed E-state index contributed by atoms with van der Waals surface area (Å²) >= 11 is 0. The van der Waals surface area contributed by atoms with E-state index < -0.39 is 18.2 Å². The Morgan fingerprint density at radius 3 is 2.88 bits per heavy atom. The van der Waals surface area contributed by atoms with Crippen LogP contribution in [0.25, 0.3) is 0 Å². The van der Waals surface area contributed by atoms with Crippen molar-refractivity contribution in [3.8, 4) is 0 Å². The number of nitrogens with two attached hydrogens (primary N) is 1. The van der Waals surface area contributed by atoms with Crippen LogP contribution in [0.15, 0.2) is 18.3 Å². The molecule has 1 aromatic heterocycles. The first-order valence-corrected chi connectivity index (χ1v) is 4.69. The van der Waals surface area contributed by atoms with Crippen LogP contribution in [-0.2, 0) is 9.53 Å². The quantitative estimate of drug-likeness (QED) is 0.604. The summed E-state index contributed by atoms with van der Waals surface area (Å²) in [5, 5.41) is 19.3. The van der Waals surface area contributed by atoms with Crippen LogP contribution in [0.5, 0.6) is 0 Å². The zero-order valence-electron chi connectivity index (χ0n) is 8.83. The van der Waals surface area contributed by atoms with Crippen LogP contribution in [0.4, 0.5) is 5.69 Å². The van der Waals surface area contributed by atoms with Gasteiger partial charge in [0.15, 0.2) is 0 Å². The number of hydrogen-bond donors (Lipinski definition) is 3. The lowest BCUT2D eigenvalue weighted by Gasteiger charge is -2.17. The lowest BCUT2D eigenvalue weighted by molar-refractivity contribution is -0.144. The zero-order valence-corrected chi connectivity index (χ0v) is 8.83. The number of carbonyl (C=O) groups is 1. The van der Waals surface area contributed by atoms with Crippen molar-refractivity contribution in [1.82, 2.24) is 4.98 Å². The van der Waals surface area contributed by atoms with E-state index in [0.717, 1.165) is 0 Å². The van der Waals surface area contributed by atoms with Gasteiger partial charge >= 0.3 is 5.97 Å². The van der Waals surface area contributed by atoms with Gasteiger partial charge < -0.3 is 20.7 Å². The van der Waals surface area contributed by atoms with Gasteiger partial charge in [0.2, 0.25) is 0 Å². The Morgan fingerprint density at radius 2 is 2.31 bits per heavy atom. The molecule has 0 aliphatic heterocycles. The minimum Gasteiger partial charge on any atom is -0.469 e. The standard InChI is InChI=1S/C10H14N2O4/c1-16-8(14)5-7(13)10(15)9-6(11)3-2-4-12-9/h2-4,7,10,13,15H,5,11H2,1H3. The first kappa shape index (κ1) is 12.4. The van der Waals surface area contributed by atoms with Crippen molar-refractivity contribution < 1.29 is 19.7 Å². The summed E-state index contributed by atoms with van der Waals surface area (Å²) in [6, 6.07) is 3.16. The van der Waals surface area contributed by atoms with Crippen molar-refractivity contribution in [3.63, 3.8) is 0 Å². The molecule has 0 aliphatic rings. The number of aliphatic hydroxyl groups is 2. The monoisotopic (exact) mass is 226 g/mol. The summed E-state index contributed by atoms with van der Waals surface area (Å²) in [6.07, 6.45) is -1.46. The number of aliphatic hydroxyl groups excluding tert-OH is 2. The van der Waals surface area contributed by atoms with Gasteiger partial charge in [0.05, 0.1) is 31.0 Å². The van der Waals surface area contributed by atoms with Crippen LogP contribution >= 0.6 is 0 Å². The maximum atomic E-state index is 10.9. The summed E-state index contributed by atoms with van der Waals surface area (Å²) in [7, 11) is 1.20. The largest absolute Gasteiger partial charge is 0.469 e. The third kappa shape index (κ3) is 2.91. The second-order valence-corrected chi connectivity index (χ2v) is 3.27. The Kier molecular flexibility index (Phi) is 4.21. The molecule has 0 aliphatic carbocycles. The third-order valence-corrected chi connectivity index (χ3v) is 2.12. The molecule has 0 bridgehead atoms. The predicted molar refractivity (Wildman–Crippen MR) is 56.2 cm³/mol. The van der Waals surface area contributed by atoms with E-state index in [1.165, 1.54) is 13.3 Å². The summed E-state index contributed by atoms with van der Waals surface area (Å²) in [5.41, 5.74) is 5.99. The van der Waals surface area contributed by atoms with Crippen LogP contribution in [0.1, 0.15) is 18.2 Å². The van der Waals surface area contributed by atoms with Gasteiger partial charge in [-0.15, -0.1) is 0 Å². The fourth-order valence-electron chi connectivity index (χ4n) is 1.23. The first-order chi connectivity index (χ1) is 7.56. The maximum absolute atomic E-state index is 10.9. The van der Waals surface area contributed by atoms with E-state index in [-0.39, 0.29) is 17.8 Å². The molecule has 0 spiro atoms. The van der Waals surface area contributed by atoms with E-state index in [9.17, 15) is 15.0 Å². The Hall–Kier alpha value is -1.66. The van der Waals surface area contributed by atoms with Crippen molar-refractivity contribution in [1.29, 1.82) is 0 Å². The number of nitrogen functional groups attached to an aromatic ring is 1. The number of hydrogen-bond acceptors (Lipinski definition) is 6. The Balaban J connectivity index is 2.74. The number of rotatable bonds is 4. The molecule has 6 heteroatoms. The van der Waals surface area contributed by atoms with Gasteiger partial charge in [-0.1, -0.05) is 0 Å². The topological polar surface area (TPSA) is 106 Å². The molecule has 88 valence electrons. The van der Waals surface area contributed by atoms with Crippen molar-refractivity contribution in [3.05, 3.63) is 24.0 Å². The van der Waals surface area contributed by atoms with Gasteiger partial charge in [0.1, 0.15) is 6.10 Å². The molecule has 1 aromatic rings. The maximum Gasteiger partial charge on any atom is 0.308 e. The average Bonchev–Trinajstić information content (AvgIpc) is 2.28. The van der Waals surface area contributed by atoms with Gasteiger partial charge in [0, 0.05) is 6.20 Å². The van der Waals surface area contributed by atoms with Crippen molar-refractivity contribution >= 4 is 11.7 Å². The number of ether oxygens (including phenoxy) is 1. The Labute approximate surface area is 92.7 Å². The molecule has 1 rings (SSSR count). The third-order valence-electron chi connectivity index (χ3n) is 2.12. The SMILES string of the molecule is COC(=O)CC(O)C(O)c1ncccc1N. The fraction of sp³-hybridized carbons (Fsp3) is 0.400. The molecule has 0 amide bonds. The minimum absolute atomic E-state index is 0.152. The zero-order chi connectivity index (χ0) is 12.1. The molecule has 1 heterocycles. The highest BCUT2D eigenvalue weighted by molar-refractivity contribution is 5.69. The van der Waals surface area contributed by atoms with Gasteiger partial charge in [-0.25, -0.2) is 0 Å². The number of anilines is 1. The molecule has 0 saturated heterocycles. The van der Waals surface area contributed by atoms with Gasteiger partial charge in [-0.2, -0.15) is 0 Å². The summed E-state index contributed by atoms with van der Waals surface area (Å²) < 4.78 is 4.38. The summed E-state index contributed by atoms with van der Waals surface area (Å²) in [4.78, 5) is 14.7. The first-order valence-electron chi connectivity index (χ1n) is 4.69. The van der Waals surface area contributed by atoms with Crippen LogP contribution in [-0.4, -0.2) is 34.4 Å². The summed E-state index contributed by atoms with van der Waals surface area (Å²) in [5.74, 6) is -0.610. The van der Waals surface area contributed by atoms with Crippen molar-refractivity contribution in [2.75, 3.05) is 12.8 Å². The van der Waals surface area contributed by atoms with Gasteiger partial charge in [0.25, 0.3) is 0 Å². The van der Waals surface area contributed by atoms with Crippen molar-refractivity contribution in [2.45, 2.75) is 18.6 Å². The number of esters is 1. The van der Waals surface area contributed by atoms with Crippen molar-refractivity contribution in [2.24, 2.45) is 0 Å². The number of methoxy groups -OCH3 is 1. The van der Waals surface area contributed by atoms with Crippen LogP contribution in [0.2, 0.25) is 0 Å². The normalized spacial score (nSPS) is 14.2. The number of nitrogens with zero attached hydrogens (tertiary/aromatic N) is 1. The molecule has 0 saturated carbocycles. The highest BCUT2D eigenvalue weighted by Crippen LogP contribution is 2.21. The minimum atomic E-state index is -1.31. The molecule has 2 unspecified atom stereocenters. The van der Waals surface area contributed by atoms with E-state index in [1.54, 1.807) is 12.1 Å². The van der Waals surface area contributed by atoms with Gasteiger partial charge in [-0.05, 0) is 12.1 Å². The predicted octanol–water partition coefficient (Wildman–Crippen LogP) is -0.379. The van der Waals surface area contributed by atoms with E-state index in [4.69, 9.17) is 5.73 Å². The highest BCUT2D eigenvalue weighted by atomic mass is 16.5. The average molecular weight is 226 g/mol. The highest BCUT2D eigenvalue weighted by Gasteiger charge is 2.24. The molecular weight excluding hydrogens is 212 g/mol. The van der Waals surface area contributed by atoms with E-state index in [2.05, 4.69) is 9.72 Å². The molecule has 0 radical (unpaired) electrons. The van der Waals surface area contributed by atoms with Crippen LogP contribution < -0.4 is 5.73 Å². The van der Waals surface area contributed by atoms with Crippen LogP contribution in [0, 0.1) is 0 Å². The van der Waals surface area contributed by atoms with E-state index in [1.807, 2.05) is 0 Å². The summed E-state index contributed by atoms with van der Waals surface area (Å²) in [6.45, 7) is 0. The molecule has 2 atom stereocenters. The number of carbonyl (C=O) groups excluding carboxylic acids is 1. The Bertz CT molecular complexity index is 370. The van der Waals surface area contributed by atoms with E-state index >= 15 is 0 Å². The van der Waals surface area contributed by atoms with E-state index in [0.29, 0.717) is 0 Å². The fourth-order valence-corrected chi connectivity index (χ4v) is 1.23. The second-order valence-electron chi connectivity index (χ2n) is 3.27. The number of pyridine rings is 1.